The fourth-order valence-electron chi connectivity index (χ4n) is 4.11. The SMILES string of the molecule is O=C(c1ccc(-c2nc3ccccc3s2)o1)N1CCC[C@@H](C(=O)N2CCOCC2)C1. The van der Waals surface area contributed by atoms with E-state index in [4.69, 9.17) is 9.15 Å². The largest absolute Gasteiger partial charge is 0.448 e. The van der Waals surface area contributed by atoms with Crippen molar-refractivity contribution in [3.8, 4) is 10.8 Å². The second-order valence-corrected chi connectivity index (χ2v) is 8.71. The van der Waals surface area contributed by atoms with E-state index in [1.165, 1.54) is 0 Å². The van der Waals surface area contributed by atoms with E-state index in [1.807, 2.05) is 29.2 Å². The molecule has 0 aliphatic carbocycles. The Balaban J connectivity index is 1.29. The summed E-state index contributed by atoms with van der Waals surface area (Å²) in [6, 6.07) is 11.4. The minimum atomic E-state index is -0.165. The summed E-state index contributed by atoms with van der Waals surface area (Å²) in [5.41, 5.74) is 0.919. The number of rotatable bonds is 3. The smallest absolute Gasteiger partial charge is 0.289 e. The fourth-order valence-corrected chi connectivity index (χ4v) is 5.03. The van der Waals surface area contributed by atoms with Crippen LogP contribution in [-0.4, -0.2) is 66.0 Å². The van der Waals surface area contributed by atoms with Crippen molar-refractivity contribution in [3.05, 3.63) is 42.2 Å². The van der Waals surface area contributed by atoms with Crippen molar-refractivity contribution < 1.29 is 18.7 Å². The molecule has 3 aromatic rings. The van der Waals surface area contributed by atoms with Gasteiger partial charge in [0.05, 0.1) is 29.3 Å². The minimum Gasteiger partial charge on any atom is -0.448 e. The van der Waals surface area contributed by atoms with Crippen LogP contribution in [0.5, 0.6) is 0 Å². The Morgan fingerprint density at radius 1 is 1.03 bits per heavy atom. The van der Waals surface area contributed by atoms with Crippen LogP contribution in [0, 0.1) is 5.92 Å². The van der Waals surface area contributed by atoms with Crippen LogP contribution in [0.4, 0.5) is 0 Å². The van der Waals surface area contributed by atoms with Crippen molar-refractivity contribution >= 4 is 33.4 Å². The molecule has 7 nitrogen and oxygen atoms in total. The first-order valence-corrected chi connectivity index (χ1v) is 11.1. The lowest BCUT2D eigenvalue weighted by Gasteiger charge is -2.35. The van der Waals surface area contributed by atoms with Gasteiger partial charge in [0.1, 0.15) is 0 Å². The maximum atomic E-state index is 13.0. The number of benzene rings is 1. The van der Waals surface area contributed by atoms with Gasteiger partial charge in [0, 0.05) is 26.2 Å². The summed E-state index contributed by atoms with van der Waals surface area (Å²) in [6.07, 6.45) is 1.63. The van der Waals surface area contributed by atoms with Crippen LogP contribution in [-0.2, 0) is 9.53 Å². The molecular weight excluding hydrogens is 402 g/mol. The zero-order valence-electron chi connectivity index (χ0n) is 16.6. The van der Waals surface area contributed by atoms with Crippen LogP contribution in [0.25, 0.3) is 21.0 Å². The highest BCUT2D eigenvalue weighted by atomic mass is 32.1. The van der Waals surface area contributed by atoms with Gasteiger partial charge in [-0.25, -0.2) is 4.98 Å². The van der Waals surface area contributed by atoms with Crippen LogP contribution >= 0.6 is 11.3 Å². The Hall–Kier alpha value is -2.71. The highest BCUT2D eigenvalue weighted by Crippen LogP contribution is 2.31. The summed E-state index contributed by atoms with van der Waals surface area (Å²) >= 11 is 1.54. The van der Waals surface area contributed by atoms with Gasteiger partial charge in [-0.1, -0.05) is 12.1 Å². The molecule has 5 rings (SSSR count). The van der Waals surface area contributed by atoms with E-state index < -0.39 is 0 Å². The number of hydrogen-bond donors (Lipinski definition) is 0. The summed E-state index contributed by atoms with van der Waals surface area (Å²) in [7, 11) is 0. The van der Waals surface area contributed by atoms with Crippen LogP contribution in [0.3, 0.4) is 0 Å². The van der Waals surface area contributed by atoms with Gasteiger partial charge in [-0.05, 0) is 37.1 Å². The zero-order valence-corrected chi connectivity index (χ0v) is 17.4. The lowest BCUT2D eigenvalue weighted by atomic mass is 9.96. The van der Waals surface area contributed by atoms with Crippen molar-refractivity contribution in [1.29, 1.82) is 0 Å². The van der Waals surface area contributed by atoms with Gasteiger partial charge in [0.2, 0.25) is 5.91 Å². The van der Waals surface area contributed by atoms with Gasteiger partial charge in [-0.2, -0.15) is 0 Å². The third-order valence-electron chi connectivity index (χ3n) is 5.70. The van der Waals surface area contributed by atoms with Gasteiger partial charge >= 0.3 is 0 Å². The number of fused-ring (bicyclic) bond motifs is 1. The van der Waals surface area contributed by atoms with E-state index in [0.29, 0.717) is 50.9 Å². The molecule has 0 bridgehead atoms. The Morgan fingerprint density at radius 3 is 2.70 bits per heavy atom. The zero-order chi connectivity index (χ0) is 20.5. The molecule has 0 spiro atoms. The minimum absolute atomic E-state index is 0.130. The standard InChI is InChI=1S/C22H23N3O4S/c26-21(24-10-12-28-13-11-24)15-4-3-9-25(14-15)22(27)18-8-7-17(29-18)20-23-16-5-1-2-6-19(16)30-20/h1-2,5-8,15H,3-4,9-14H2/t15-/m1/s1. The van der Waals surface area contributed by atoms with Crippen molar-refractivity contribution in [3.63, 3.8) is 0 Å². The number of carbonyl (C=O) groups excluding carboxylic acids is 2. The van der Waals surface area contributed by atoms with Gasteiger partial charge < -0.3 is 19.0 Å². The highest BCUT2D eigenvalue weighted by Gasteiger charge is 2.33. The molecule has 1 atom stereocenters. The third-order valence-corrected chi connectivity index (χ3v) is 6.75. The molecule has 4 heterocycles. The maximum Gasteiger partial charge on any atom is 0.289 e. The number of para-hydroxylation sites is 1. The van der Waals surface area contributed by atoms with Gasteiger partial charge in [-0.3, -0.25) is 9.59 Å². The topological polar surface area (TPSA) is 75.9 Å². The molecule has 1 aromatic carbocycles. The predicted octanol–water partition coefficient (Wildman–Crippen LogP) is 3.27. The summed E-state index contributed by atoms with van der Waals surface area (Å²) in [6.45, 7) is 3.51. The molecule has 0 N–H and O–H groups in total. The number of piperidine rings is 1. The summed E-state index contributed by atoms with van der Waals surface area (Å²) in [4.78, 5) is 34.1. The first kappa shape index (κ1) is 19.3. The predicted molar refractivity (Wildman–Crippen MR) is 113 cm³/mol. The van der Waals surface area contributed by atoms with E-state index in [1.54, 1.807) is 28.4 Å². The monoisotopic (exact) mass is 425 g/mol. The van der Waals surface area contributed by atoms with E-state index in [9.17, 15) is 9.59 Å². The molecule has 2 aliphatic rings. The average molecular weight is 426 g/mol. The molecule has 2 aromatic heterocycles. The lowest BCUT2D eigenvalue weighted by Crippen LogP contribution is -2.49. The number of ether oxygens (including phenoxy) is 1. The van der Waals surface area contributed by atoms with Crippen molar-refractivity contribution in [2.75, 3.05) is 39.4 Å². The molecule has 2 aliphatic heterocycles. The fraction of sp³-hybridized carbons (Fsp3) is 0.409. The van der Waals surface area contributed by atoms with Crippen LogP contribution in [0.15, 0.2) is 40.8 Å². The number of hydrogen-bond acceptors (Lipinski definition) is 6. The number of aromatic nitrogens is 1. The first-order chi connectivity index (χ1) is 14.7. The number of carbonyl (C=O) groups is 2. The number of nitrogens with zero attached hydrogens (tertiary/aromatic N) is 3. The molecule has 2 amide bonds. The lowest BCUT2D eigenvalue weighted by molar-refractivity contribution is -0.141. The van der Waals surface area contributed by atoms with E-state index in [0.717, 1.165) is 28.1 Å². The molecule has 8 heteroatoms. The Morgan fingerprint density at radius 2 is 1.87 bits per heavy atom. The average Bonchev–Trinajstić information content (AvgIpc) is 3.46. The Bertz CT molecular complexity index is 1040. The molecule has 0 radical (unpaired) electrons. The molecule has 0 saturated carbocycles. The van der Waals surface area contributed by atoms with E-state index >= 15 is 0 Å². The Kier molecular flexibility index (Phi) is 5.26. The number of likely N-dealkylation sites (tertiary alicyclic amines) is 1. The van der Waals surface area contributed by atoms with Crippen molar-refractivity contribution in [1.82, 2.24) is 14.8 Å². The van der Waals surface area contributed by atoms with E-state index in [-0.39, 0.29) is 17.7 Å². The molecule has 0 unspecified atom stereocenters. The summed E-state index contributed by atoms with van der Waals surface area (Å²) in [5, 5.41) is 0.759. The summed E-state index contributed by atoms with van der Waals surface area (Å²) < 4.78 is 12.3. The highest BCUT2D eigenvalue weighted by molar-refractivity contribution is 7.21. The van der Waals surface area contributed by atoms with Crippen LogP contribution < -0.4 is 0 Å². The van der Waals surface area contributed by atoms with Gasteiger partial charge in [0.15, 0.2) is 16.5 Å². The number of furan rings is 1. The van der Waals surface area contributed by atoms with Gasteiger partial charge in [-0.15, -0.1) is 11.3 Å². The van der Waals surface area contributed by atoms with Crippen molar-refractivity contribution in [2.24, 2.45) is 5.92 Å². The third kappa shape index (κ3) is 3.73. The van der Waals surface area contributed by atoms with Crippen molar-refractivity contribution in [2.45, 2.75) is 12.8 Å². The second kappa shape index (κ2) is 8.20. The number of thiazole rings is 1. The van der Waals surface area contributed by atoms with E-state index in [2.05, 4.69) is 4.98 Å². The van der Waals surface area contributed by atoms with Crippen LogP contribution in [0.2, 0.25) is 0 Å². The molecule has 156 valence electrons. The van der Waals surface area contributed by atoms with Crippen LogP contribution in [0.1, 0.15) is 23.4 Å². The van der Waals surface area contributed by atoms with Gasteiger partial charge in [0.25, 0.3) is 5.91 Å². The molecule has 30 heavy (non-hydrogen) atoms. The summed E-state index contributed by atoms with van der Waals surface area (Å²) in [5.74, 6) is 0.702. The molecule has 2 saturated heterocycles. The molecule has 2 fully saturated rings. The first-order valence-electron chi connectivity index (χ1n) is 10.3. The normalized spacial score (nSPS) is 19.9. The maximum absolute atomic E-state index is 13.0. The molecular formula is C22H23N3O4S. The second-order valence-electron chi connectivity index (χ2n) is 7.68. The Labute approximate surface area is 178 Å². The number of amides is 2. The quantitative estimate of drug-likeness (QED) is 0.644. The number of morpholine rings is 1.